The van der Waals surface area contributed by atoms with Gasteiger partial charge in [0.2, 0.25) is 0 Å². The van der Waals surface area contributed by atoms with Crippen molar-refractivity contribution in [3.05, 3.63) is 71.9 Å². The summed E-state index contributed by atoms with van der Waals surface area (Å²) in [5.41, 5.74) is 2.42. The topological polar surface area (TPSA) is 3.88 Å². The van der Waals surface area contributed by atoms with Gasteiger partial charge in [0, 0.05) is 0 Å². The van der Waals surface area contributed by atoms with Crippen molar-refractivity contribution in [3.63, 3.8) is 0 Å². The summed E-state index contributed by atoms with van der Waals surface area (Å²) < 4.78 is 3.49. The summed E-state index contributed by atoms with van der Waals surface area (Å²) in [7, 11) is 0. The molecule has 0 bridgehead atoms. The molecule has 18 heavy (non-hydrogen) atoms. The molecule has 0 saturated heterocycles. The Balaban J connectivity index is 2.07. The Morgan fingerprint density at radius 3 is 2.11 bits per heavy atom. The molecule has 3 rings (SSSR count). The van der Waals surface area contributed by atoms with Crippen LogP contribution in [-0.4, -0.2) is 14.7 Å². The van der Waals surface area contributed by atoms with E-state index in [-0.39, 0.29) is 14.7 Å². The number of nitrogens with zero attached hydrogens (tertiary/aromatic N) is 1. The molecule has 0 aliphatic carbocycles. The molecule has 0 amide bonds. The Morgan fingerprint density at radius 1 is 0.833 bits per heavy atom. The summed E-state index contributed by atoms with van der Waals surface area (Å²) in [6.07, 6.45) is 0. The van der Waals surface area contributed by atoms with E-state index in [1.165, 1.54) is 10.0 Å². The van der Waals surface area contributed by atoms with Crippen molar-refractivity contribution < 1.29 is 3.56 Å². The molecule has 0 aliphatic rings. The van der Waals surface area contributed by atoms with E-state index in [2.05, 4.69) is 46.0 Å². The summed E-state index contributed by atoms with van der Waals surface area (Å²) in [5.74, 6) is 0. The van der Waals surface area contributed by atoms with E-state index in [1.807, 2.05) is 24.3 Å². The molecule has 0 N–H and O–H groups in total. The molecule has 1 heterocycles. The number of benzene rings is 2. The monoisotopic (exact) mass is 320 g/mol. The van der Waals surface area contributed by atoms with Gasteiger partial charge in [0.25, 0.3) is 0 Å². The van der Waals surface area contributed by atoms with Crippen molar-refractivity contribution in [2.24, 2.45) is 0 Å². The van der Waals surface area contributed by atoms with Crippen LogP contribution in [0.15, 0.2) is 66.7 Å². The van der Waals surface area contributed by atoms with Gasteiger partial charge in [-0.15, -0.1) is 0 Å². The molecule has 0 fully saturated rings. The van der Waals surface area contributed by atoms with E-state index >= 15 is 0 Å². The maximum absolute atomic E-state index is 6.34. The predicted molar refractivity (Wildman–Crippen MR) is 75.4 cm³/mol. The van der Waals surface area contributed by atoms with Crippen molar-refractivity contribution in [2.75, 3.05) is 0 Å². The van der Waals surface area contributed by atoms with E-state index in [9.17, 15) is 0 Å². The average molecular weight is 320 g/mol. The first-order valence-corrected chi connectivity index (χ1v) is 7.67. The molecule has 0 atom stereocenters. The van der Waals surface area contributed by atoms with Crippen LogP contribution in [0.2, 0.25) is 5.15 Å². The van der Waals surface area contributed by atoms with Crippen LogP contribution >= 0.6 is 11.6 Å². The fraction of sp³-hybridized carbons (Fsp3) is 0. The molecule has 0 spiro atoms. The van der Waals surface area contributed by atoms with Crippen LogP contribution in [0.4, 0.5) is 0 Å². The first-order valence-electron chi connectivity index (χ1n) is 5.67. The van der Waals surface area contributed by atoms with Crippen molar-refractivity contribution in [1.82, 2.24) is 0 Å². The van der Waals surface area contributed by atoms with Crippen molar-refractivity contribution in [3.8, 4) is 15.7 Å². The molecular weight excluding hydrogens is 309 g/mol. The summed E-state index contributed by atoms with van der Waals surface area (Å²) in [5, 5.41) is 0.806. The quantitative estimate of drug-likeness (QED) is 0.638. The Labute approximate surface area is 117 Å². The zero-order valence-corrected chi connectivity index (χ0v) is 12.1. The number of aromatic nitrogens is 1. The first-order chi connectivity index (χ1) is 8.84. The Morgan fingerprint density at radius 2 is 1.44 bits per heavy atom. The number of rotatable bonds is 2. The number of hydrogen-bond acceptors (Lipinski definition) is 0. The van der Waals surface area contributed by atoms with Gasteiger partial charge < -0.3 is 0 Å². The van der Waals surface area contributed by atoms with Crippen LogP contribution in [0.1, 0.15) is 0 Å². The number of hydrogen-bond donors (Lipinski definition) is 0. The fourth-order valence-corrected chi connectivity index (χ4v) is 4.38. The summed E-state index contributed by atoms with van der Waals surface area (Å²) in [6.45, 7) is 0. The molecule has 3 aromatic rings. The van der Waals surface area contributed by atoms with Gasteiger partial charge in [-0.25, -0.2) is 0 Å². The fourth-order valence-electron chi connectivity index (χ4n) is 1.81. The second kappa shape index (κ2) is 5.11. The Bertz CT molecular complexity index is 647. The molecular formula is C15H11ClNSe+. The molecule has 0 radical (unpaired) electrons. The minimum absolute atomic E-state index is 0.208. The zero-order chi connectivity index (χ0) is 12.4. The van der Waals surface area contributed by atoms with Crippen molar-refractivity contribution in [1.29, 1.82) is 0 Å². The predicted octanol–water partition coefficient (Wildman–Crippen LogP) is 3.34. The molecule has 0 unspecified atom stereocenters. The van der Waals surface area contributed by atoms with Crippen LogP contribution in [0, 0.1) is 0 Å². The molecule has 0 aliphatic heterocycles. The first kappa shape index (κ1) is 11.7. The molecule has 0 saturated carbocycles. The summed E-state index contributed by atoms with van der Waals surface area (Å²) in [4.78, 5) is 0. The SMILES string of the molecule is Clc1cc(-c2ccccc2)[se][n+]1-c1ccccc1. The maximum atomic E-state index is 6.34. The van der Waals surface area contributed by atoms with Gasteiger partial charge in [0.05, 0.1) is 0 Å². The van der Waals surface area contributed by atoms with Crippen LogP contribution in [0.25, 0.3) is 15.7 Å². The minimum atomic E-state index is 0.208. The second-order valence-corrected chi connectivity index (χ2v) is 6.38. The van der Waals surface area contributed by atoms with E-state index < -0.39 is 0 Å². The Hall–Kier alpha value is -1.34. The van der Waals surface area contributed by atoms with Gasteiger partial charge in [-0.05, 0) is 0 Å². The van der Waals surface area contributed by atoms with Crippen LogP contribution in [0.3, 0.4) is 0 Å². The van der Waals surface area contributed by atoms with Crippen LogP contribution in [-0.2, 0) is 0 Å². The van der Waals surface area contributed by atoms with E-state index in [0.29, 0.717) is 0 Å². The third kappa shape index (κ3) is 2.28. The number of para-hydroxylation sites is 1. The van der Waals surface area contributed by atoms with Crippen LogP contribution < -0.4 is 3.56 Å². The standard InChI is InChI=1S/C15H11ClNSe/c16-15-11-14(12-7-3-1-4-8-12)18-17(15)13-9-5-2-6-10-13/h1-11H/q+1. The van der Waals surface area contributed by atoms with E-state index in [4.69, 9.17) is 11.6 Å². The van der Waals surface area contributed by atoms with Gasteiger partial charge in [0.1, 0.15) is 0 Å². The summed E-state index contributed by atoms with van der Waals surface area (Å²) >= 11 is 6.55. The van der Waals surface area contributed by atoms with Gasteiger partial charge in [0.15, 0.2) is 0 Å². The molecule has 3 heteroatoms. The average Bonchev–Trinajstić information content (AvgIpc) is 2.83. The third-order valence-electron chi connectivity index (χ3n) is 2.68. The van der Waals surface area contributed by atoms with Gasteiger partial charge in [-0.1, -0.05) is 0 Å². The van der Waals surface area contributed by atoms with Crippen molar-refractivity contribution >= 4 is 26.3 Å². The second-order valence-electron chi connectivity index (χ2n) is 3.92. The number of halogens is 1. The van der Waals surface area contributed by atoms with Gasteiger partial charge in [-0.2, -0.15) is 0 Å². The normalized spacial score (nSPS) is 10.5. The Kier molecular flexibility index (Phi) is 3.33. The summed E-state index contributed by atoms with van der Waals surface area (Å²) in [6, 6.07) is 22.8. The van der Waals surface area contributed by atoms with Crippen molar-refractivity contribution in [2.45, 2.75) is 0 Å². The van der Waals surface area contributed by atoms with E-state index in [0.717, 1.165) is 10.8 Å². The molecule has 1 aromatic heterocycles. The molecule has 88 valence electrons. The van der Waals surface area contributed by atoms with E-state index in [1.54, 1.807) is 0 Å². The van der Waals surface area contributed by atoms with Gasteiger partial charge >= 0.3 is 117 Å². The molecule has 2 aromatic carbocycles. The third-order valence-corrected chi connectivity index (χ3v) is 5.58. The molecule has 1 nitrogen and oxygen atoms in total. The van der Waals surface area contributed by atoms with Gasteiger partial charge in [-0.3, -0.25) is 0 Å². The zero-order valence-electron chi connectivity index (χ0n) is 9.58. The van der Waals surface area contributed by atoms with Crippen LogP contribution in [0.5, 0.6) is 0 Å².